The predicted molar refractivity (Wildman–Crippen MR) is 245 cm³/mol. The summed E-state index contributed by atoms with van der Waals surface area (Å²) in [5.41, 5.74) is -1.42. The molecule has 4 aromatic carbocycles. The summed E-state index contributed by atoms with van der Waals surface area (Å²) in [6.45, 7) is 11.0. The second kappa shape index (κ2) is 21.1. The van der Waals surface area contributed by atoms with Crippen molar-refractivity contribution >= 4 is 66.1 Å². The monoisotopic (exact) mass is 933 g/mol. The second-order valence-electron chi connectivity index (χ2n) is 16.5. The van der Waals surface area contributed by atoms with E-state index in [-0.39, 0.29) is 17.0 Å². The Hall–Kier alpha value is -4.06. The molecule has 10 nitrogen and oxygen atoms in total. The molecule has 0 fully saturated rings. The van der Waals surface area contributed by atoms with E-state index in [0.717, 1.165) is 42.8 Å². The van der Waals surface area contributed by atoms with Gasteiger partial charge in [0.2, 0.25) is 0 Å². The van der Waals surface area contributed by atoms with Gasteiger partial charge in [-0.15, -0.1) is 11.8 Å². The van der Waals surface area contributed by atoms with E-state index < -0.39 is 52.8 Å². The first kappa shape index (κ1) is 49.0. The molecule has 0 aromatic heterocycles. The van der Waals surface area contributed by atoms with E-state index in [2.05, 4.69) is 41.9 Å². The Labute approximate surface area is 373 Å². The van der Waals surface area contributed by atoms with E-state index >= 15 is 0 Å². The van der Waals surface area contributed by atoms with Gasteiger partial charge in [-0.3, -0.25) is 4.79 Å². The predicted octanol–water partition coefficient (Wildman–Crippen LogP) is 9.72. The van der Waals surface area contributed by atoms with E-state index in [1.54, 1.807) is 12.1 Å². The summed E-state index contributed by atoms with van der Waals surface area (Å²) in [4.78, 5) is 14.0. The lowest BCUT2D eigenvalue weighted by Crippen LogP contribution is -2.34. The van der Waals surface area contributed by atoms with Crippen LogP contribution in [0.25, 0.3) is 5.57 Å². The fourth-order valence-electron chi connectivity index (χ4n) is 6.98. The van der Waals surface area contributed by atoms with Gasteiger partial charge in [-0.2, -0.15) is 13.2 Å². The van der Waals surface area contributed by atoms with Gasteiger partial charge >= 0.3 is 5.51 Å². The molecule has 4 aromatic rings. The molecular weight excluding hydrogens is 879 g/mol. The molecule has 336 valence electrons. The molecule has 0 saturated carbocycles. The van der Waals surface area contributed by atoms with Gasteiger partial charge in [0.15, 0.2) is 0 Å². The molecule has 0 saturated heterocycles. The van der Waals surface area contributed by atoms with Crippen LogP contribution < -0.4 is 20.7 Å². The molecular formula is C45H55ClF3N5O5S3. The molecule has 1 atom stereocenters. The summed E-state index contributed by atoms with van der Waals surface area (Å²) in [5.74, 6) is -0.681. The Balaban J connectivity index is 1.24. The maximum atomic E-state index is 14.1. The highest BCUT2D eigenvalue weighted by Gasteiger charge is 2.48. The van der Waals surface area contributed by atoms with E-state index in [4.69, 9.17) is 11.6 Å². The van der Waals surface area contributed by atoms with Gasteiger partial charge in [0.05, 0.1) is 10.6 Å². The van der Waals surface area contributed by atoms with Crippen molar-refractivity contribution in [1.82, 2.24) is 14.9 Å². The highest BCUT2D eigenvalue weighted by Crippen LogP contribution is 2.42. The number of nitrogens with one attached hydrogen (secondary N) is 4. The number of sulfone groups is 1. The maximum Gasteiger partial charge on any atom is 0.501 e. The molecule has 0 heterocycles. The van der Waals surface area contributed by atoms with Crippen LogP contribution in [0.3, 0.4) is 0 Å². The fourth-order valence-corrected chi connectivity index (χ4v) is 10.1. The Morgan fingerprint density at radius 2 is 1.60 bits per heavy atom. The van der Waals surface area contributed by atoms with Crippen molar-refractivity contribution in [3.8, 4) is 0 Å². The molecule has 17 heteroatoms. The minimum atomic E-state index is -6.04. The SMILES string of the molecule is CC(C)N(C)CC[C@H](CSc1ccccc1)Nc1ccc(S(=O)(=O)NC(=O)c2ccc(NCCNCC3=C(c4ccc(Cl)cc4)CCC(C)(C)C3)cc2)cc1S(=O)(=O)C(F)(F)F. The first-order valence-corrected chi connectivity index (χ1v) is 24.7. The van der Waals surface area contributed by atoms with Crippen LogP contribution in [0.5, 0.6) is 0 Å². The number of nitrogens with zero attached hydrogens (tertiary/aromatic N) is 1. The van der Waals surface area contributed by atoms with Gasteiger partial charge in [-0.25, -0.2) is 21.6 Å². The Bertz CT molecular complexity index is 2400. The molecule has 0 radical (unpaired) electrons. The van der Waals surface area contributed by atoms with Crippen LogP contribution in [-0.2, 0) is 19.9 Å². The molecule has 1 aliphatic rings. The van der Waals surface area contributed by atoms with Crippen LogP contribution in [0.1, 0.15) is 69.3 Å². The van der Waals surface area contributed by atoms with Gasteiger partial charge in [0.1, 0.15) is 4.90 Å². The summed E-state index contributed by atoms with van der Waals surface area (Å²) in [6.07, 6.45) is 3.50. The fraction of sp³-hybridized carbons (Fsp3) is 0.400. The number of anilines is 2. The molecule has 4 N–H and O–H groups in total. The van der Waals surface area contributed by atoms with E-state index in [1.165, 1.54) is 40.6 Å². The van der Waals surface area contributed by atoms with E-state index in [0.29, 0.717) is 48.6 Å². The van der Waals surface area contributed by atoms with E-state index in [1.807, 2.05) is 73.0 Å². The largest absolute Gasteiger partial charge is 0.501 e. The minimum absolute atomic E-state index is 0.0367. The van der Waals surface area contributed by atoms with Crippen molar-refractivity contribution in [1.29, 1.82) is 0 Å². The summed E-state index contributed by atoms with van der Waals surface area (Å²) in [5, 5.41) is 10.5. The average Bonchev–Trinajstić information content (AvgIpc) is 3.21. The smallest absolute Gasteiger partial charge is 0.384 e. The first-order valence-electron chi connectivity index (χ1n) is 20.3. The number of halogens is 4. The topological polar surface area (TPSA) is 137 Å². The van der Waals surface area contributed by atoms with Gasteiger partial charge in [0, 0.05) is 65.2 Å². The first-order chi connectivity index (χ1) is 29.1. The van der Waals surface area contributed by atoms with Crippen molar-refractivity contribution in [2.45, 2.75) is 85.7 Å². The number of hydrogen-bond acceptors (Lipinski definition) is 10. The van der Waals surface area contributed by atoms with Gasteiger partial charge in [-0.05, 0) is 130 Å². The zero-order valence-electron chi connectivity index (χ0n) is 35.5. The summed E-state index contributed by atoms with van der Waals surface area (Å²) >= 11 is 7.57. The third kappa shape index (κ3) is 13.5. The molecule has 0 unspecified atom stereocenters. The average molecular weight is 935 g/mol. The van der Waals surface area contributed by atoms with Gasteiger partial charge in [0.25, 0.3) is 25.8 Å². The number of alkyl halides is 3. The van der Waals surface area contributed by atoms with Crippen molar-refractivity contribution in [3.05, 3.63) is 119 Å². The highest BCUT2D eigenvalue weighted by molar-refractivity contribution is 7.99. The number of allylic oxidation sites excluding steroid dienone is 1. The Morgan fingerprint density at radius 3 is 2.24 bits per heavy atom. The lowest BCUT2D eigenvalue weighted by Gasteiger charge is -2.34. The normalized spacial score (nSPS) is 15.1. The summed E-state index contributed by atoms with van der Waals surface area (Å²) < 4.78 is 96.9. The number of carbonyl (C=O) groups is 1. The number of sulfonamides is 1. The lowest BCUT2D eigenvalue weighted by molar-refractivity contribution is -0.0435. The molecule has 0 aliphatic heterocycles. The third-order valence-electron chi connectivity index (χ3n) is 10.8. The number of hydrogen-bond donors (Lipinski definition) is 4. The molecule has 1 aliphatic carbocycles. The summed E-state index contributed by atoms with van der Waals surface area (Å²) in [7, 11) is -8.97. The summed E-state index contributed by atoms with van der Waals surface area (Å²) in [6, 6.07) is 25.4. The van der Waals surface area contributed by atoms with Crippen LogP contribution in [0.15, 0.2) is 117 Å². The van der Waals surface area contributed by atoms with Crippen molar-refractivity contribution in [2.75, 3.05) is 49.6 Å². The van der Waals surface area contributed by atoms with E-state index in [9.17, 15) is 34.8 Å². The highest BCUT2D eigenvalue weighted by atomic mass is 35.5. The zero-order chi connectivity index (χ0) is 45.3. The quantitative estimate of drug-likeness (QED) is 0.0501. The van der Waals surface area contributed by atoms with Crippen molar-refractivity contribution < 1.29 is 34.8 Å². The Kier molecular flexibility index (Phi) is 16.6. The van der Waals surface area contributed by atoms with Gasteiger partial charge < -0.3 is 20.9 Å². The molecule has 0 spiro atoms. The molecule has 0 bridgehead atoms. The number of carbonyl (C=O) groups excluding carboxylic acids is 1. The van der Waals surface area contributed by atoms with Crippen molar-refractivity contribution in [2.24, 2.45) is 5.41 Å². The van der Waals surface area contributed by atoms with Gasteiger partial charge in [-0.1, -0.05) is 61.4 Å². The zero-order valence-corrected chi connectivity index (χ0v) is 38.7. The standard InChI is InChI=1S/C45H55ClF3N5O5S3/c1-31(2)54(5)26-22-37(30-60-38-9-7-6-8-10-38)52-41-20-19-39(27-42(41)61(56,57)45(47,48)49)62(58,59)53-43(55)33-13-17-36(18-14-33)51-25-24-50-29-34-28-44(3,4)23-21-40(34)32-11-15-35(46)16-12-32/h6-20,27,31,37,50-52H,21-26,28-30H2,1-5H3,(H,53,55)/t37-/m1/s1. The number of rotatable bonds is 20. The number of thioether (sulfide) groups is 1. The maximum absolute atomic E-state index is 14.1. The molecule has 5 rings (SSSR count). The molecule has 62 heavy (non-hydrogen) atoms. The van der Waals surface area contributed by atoms with Crippen molar-refractivity contribution in [3.63, 3.8) is 0 Å². The number of benzene rings is 4. The van der Waals surface area contributed by atoms with Crippen LogP contribution in [0.4, 0.5) is 24.5 Å². The van der Waals surface area contributed by atoms with Crippen LogP contribution in [0.2, 0.25) is 5.02 Å². The Morgan fingerprint density at radius 1 is 0.919 bits per heavy atom. The van der Waals surface area contributed by atoms with Crippen LogP contribution in [-0.4, -0.2) is 84.2 Å². The minimum Gasteiger partial charge on any atom is -0.384 e. The number of amides is 1. The molecule has 1 amide bonds. The van der Waals surface area contributed by atoms with Crippen LogP contribution >= 0.6 is 23.4 Å². The second-order valence-corrected chi connectivity index (χ2v) is 21.6. The van der Waals surface area contributed by atoms with Crippen LogP contribution in [0, 0.1) is 5.41 Å². The lowest BCUT2D eigenvalue weighted by atomic mass is 9.73. The third-order valence-corrected chi connectivity index (χ3v) is 15.1.